The van der Waals surface area contributed by atoms with Gasteiger partial charge in [-0.25, -0.2) is 4.98 Å². The Morgan fingerprint density at radius 3 is 3.12 bits per heavy atom. The van der Waals surface area contributed by atoms with E-state index in [1.54, 1.807) is 6.07 Å². The molecule has 2 rings (SSSR count). The van der Waals surface area contributed by atoms with Crippen LogP contribution in [0, 0.1) is 0 Å². The molecule has 1 atom stereocenters. The van der Waals surface area contributed by atoms with Gasteiger partial charge in [0, 0.05) is 13.2 Å². The minimum Gasteiger partial charge on any atom is -0.378 e. The Morgan fingerprint density at radius 2 is 2.38 bits per heavy atom. The number of pyridine rings is 1. The molecular formula is C12H17ClN2O. The van der Waals surface area contributed by atoms with Crippen LogP contribution >= 0.6 is 11.6 Å². The molecule has 0 aliphatic carbocycles. The SMILES string of the molecule is Clc1cccc(NCCC2CCCCO2)n1. The Balaban J connectivity index is 1.71. The van der Waals surface area contributed by atoms with Crippen molar-refractivity contribution >= 4 is 17.4 Å². The summed E-state index contributed by atoms with van der Waals surface area (Å²) in [6, 6.07) is 5.60. The summed E-state index contributed by atoms with van der Waals surface area (Å²) in [5.74, 6) is 0.836. The van der Waals surface area contributed by atoms with Gasteiger partial charge in [-0.3, -0.25) is 0 Å². The maximum atomic E-state index is 5.80. The van der Waals surface area contributed by atoms with Crippen molar-refractivity contribution in [3.8, 4) is 0 Å². The minimum absolute atomic E-state index is 0.417. The summed E-state index contributed by atoms with van der Waals surface area (Å²) < 4.78 is 5.65. The molecule has 0 radical (unpaired) electrons. The molecule has 0 amide bonds. The lowest BCUT2D eigenvalue weighted by atomic mass is 10.1. The third-order valence-electron chi connectivity index (χ3n) is 2.76. The molecule has 1 N–H and O–H groups in total. The second kappa shape index (κ2) is 6.06. The minimum atomic E-state index is 0.417. The van der Waals surface area contributed by atoms with Crippen LogP contribution in [0.2, 0.25) is 5.15 Å². The van der Waals surface area contributed by atoms with E-state index in [-0.39, 0.29) is 0 Å². The van der Waals surface area contributed by atoms with E-state index >= 15 is 0 Å². The first kappa shape index (κ1) is 11.7. The fourth-order valence-corrected chi connectivity index (χ4v) is 2.07. The van der Waals surface area contributed by atoms with E-state index in [2.05, 4.69) is 10.3 Å². The molecule has 4 heteroatoms. The van der Waals surface area contributed by atoms with Crippen molar-refractivity contribution in [2.24, 2.45) is 0 Å². The molecule has 1 aliphatic heterocycles. The van der Waals surface area contributed by atoms with Gasteiger partial charge in [-0.05, 0) is 37.8 Å². The maximum Gasteiger partial charge on any atom is 0.131 e. The van der Waals surface area contributed by atoms with Crippen LogP contribution < -0.4 is 5.32 Å². The van der Waals surface area contributed by atoms with Crippen LogP contribution in [-0.2, 0) is 4.74 Å². The fourth-order valence-electron chi connectivity index (χ4n) is 1.90. The van der Waals surface area contributed by atoms with Crippen LogP contribution in [-0.4, -0.2) is 24.2 Å². The Bertz CT molecular complexity index is 327. The van der Waals surface area contributed by atoms with E-state index < -0.39 is 0 Å². The molecule has 1 fully saturated rings. The number of hydrogen-bond donors (Lipinski definition) is 1. The van der Waals surface area contributed by atoms with Crippen LogP contribution in [0.1, 0.15) is 25.7 Å². The van der Waals surface area contributed by atoms with Gasteiger partial charge in [-0.1, -0.05) is 17.7 Å². The predicted molar refractivity (Wildman–Crippen MR) is 65.9 cm³/mol. The average Bonchev–Trinajstić information content (AvgIpc) is 2.30. The first-order chi connectivity index (χ1) is 7.84. The molecule has 0 spiro atoms. The monoisotopic (exact) mass is 240 g/mol. The largest absolute Gasteiger partial charge is 0.378 e. The number of nitrogens with one attached hydrogen (secondary N) is 1. The van der Waals surface area contributed by atoms with Crippen LogP contribution in [0.25, 0.3) is 0 Å². The summed E-state index contributed by atoms with van der Waals surface area (Å²) in [4.78, 5) is 4.17. The second-order valence-corrected chi connectivity index (χ2v) is 4.44. The van der Waals surface area contributed by atoms with Crippen LogP contribution in [0.5, 0.6) is 0 Å². The van der Waals surface area contributed by atoms with Gasteiger partial charge in [-0.2, -0.15) is 0 Å². The molecule has 0 bridgehead atoms. The van der Waals surface area contributed by atoms with Crippen molar-refractivity contribution in [1.29, 1.82) is 0 Å². The molecule has 1 saturated heterocycles. The number of rotatable bonds is 4. The van der Waals surface area contributed by atoms with Crippen molar-refractivity contribution < 1.29 is 4.74 Å². The number of halogens is 1. The first-order valence-corrected chi connectivity index (χ1v) is 6.20. The number of anilines is 1. The molecule has 16 heavy (non-hydrogen) atoms. The van der Waals surface area contributed by atoms with Crippen molar-refractivity contribution in [3.63, 3.8) is 0 Å². The van der Waals surface area contributed by atoms with Gasteiger partial charge in [-0.15, -0.1) is 0 Å². The van der Waals surface area contributed by atoms with Crippen LogP contribution in [0.15, 0.2) is 18.2 Å². The summed E-state index contributed by atoms with van der Waals surface area (Å²) >= 11 is 5.80. The highest BCUT2D eigenvalue weighted by Gasteiger charge is 2.12. The van der Waals surface area contributed by atoms with Gasteiger partial charge in [0.15, 0.2) is 0 Å². The van der Waals surface area contributed by atoms with E-state index in [9.17, 15) is 0 Å². The maximum absolute atomic E-state index is 5.80. The highest BCUT2D eigenvalue weighted by atomic mass is 35.5. The zero-order valence-corrected chi connectivity index (χ0v) is 10.0. The second-order valence-electron chi connectivity index (χ2n) is 4.05. The number of nitrogens with zero attached hydrogens (tertiary/aromatic N) is 1. The van der Waals surface area contributed by atoms with E-state index in [1.165, 1.54) is 19.3 Å². The summed E-state index contributed by atoms with van der Waals surface area (Å²) in [5, 5.41) is 3.78. The smallest absolute Gasteiger partial charge is 0.131 e. The number of hydrogen-bond acceptors (Lipinski definition) is 3. The zero-order chi connectivity index (χ0) is 11.2. The van der Waals surface area contributed by atoms with E-state index in [0.717, 1.165) is 25.4 Å². The van der Waals surface area contributed by atoms with Gasteiger partial charge in [0.05, 0.1) is 6.10 Å². The zero-order valence-electron chi connectivity index (χ0n) is 9.29. The molecule has 1 aromatic heterocycles. The normalized spacial score (nSPS) is 20.7. The quantitative estimate of drug-likeness (QED) is 0.822. The molecule has 2 heterocycles. The molecule has 1 aliphatic rings. The Hall–Kier alpha value is -0.800. The topological polar surface area (TPSA) is 34.1 Å². The number of aromatic nitrogens is 1. The van der Waals surface area contributed by atoms with E-state index in [0.29, 0.717) is 11.3 Å². The van der Waals surface area contributed by atoms with Gasteiger partial charge in [0.1, 0.15) is 11.0 Å². The Kier molecular flexibility index (Phi) is 4.43. The summed E-state index contributed by atoms with van der Waals surface area (Å²) in [5.41, 5.74) is 0. The lowest BCUT2D eigenvalue weighted by Gasteiger charge is -2.22. The molecular weight excluding hydrogens is 224 g/mol. The van der Waals surface area contributed by atoms with E-state index in [4.69, 9.17) is 16.3 Å². The fraction of sp³-hybridized carbons (Fsp3) is 0.583. The molecule has 0 saturated carbocycles. The van der Waals surface area contributed by atoms with Gasteiger partial charge in [0.25, 0.3) is 0 Å². The summed E-state index contributed by atoms with van der Waals surface area (Å²) in [7, 11) is 0. The highest BCUT2D eigenvalue weighted by molar-refractivity contribution is 6.29. The predicted octanol–water partition coefficient (Wildman–Crippen LogP) is 3.11. The molecule has 0 aromatic carbocycles. The van der Waals surface area contributed by atoms with Crippen molar-refractivity contribution in [2.45, 2.75) is 31.8 Å². The summed E-state index contributed by atoms with van der Waals surface area (Å²) in [6.07, 6.45) is 5.14. The van der Waals surface area contributed by atoms with Gasteiger partial charge >= 0.3 is 0 Å². The van der Waals surface area contributed by atoms with Crippen molar-refractivity contribution in [2.75, 3.05) is 18.5 Å². The van der Waals surface area contributed by atoms with Gasteiger partial charge < -0.3 is 10.1 Å². The molecule has 1 unspecified atom stereocenters. The highest BCUT2D eigenvalue weighted by Crippen LogP contribution is 2.16. The molecule has 88 valence electrons. The lowest BCUT2D eigenvalue weighted by molar-refractivity contribution is 0.0134. The summed E-state index contributed by atoms with van der Waals surface area (Å²) in [6.45, 7) is 1.80. The first-order valence-electron chi connectivity index (χ1n) is 5.82. The number of ether oxygens (including phenoxy) is 1. The standard InChI is InChI=1S/C12H17ClN2O/c13-11-5-3-6-12(15-11)14-8-7-10-4-1-2-9-16-10/h3,5-6,10H,1-2,4,7-9H2,(H,14,15). The Labute approximate surface area is 101 Å². The van der Waals surface area contributed by atoms with Crippen LogP contribution in [0.4, 0.5) is 5.82 Å². The third-order valence-corrected chi connectivity index (χ3v) is 2.97. The van der Waals surface area contributed by atoms with Gasteiger partial charge in [0.2, 0.25) is 0 Å². The van der Waals surface area contributed by atoms with E-state index in [1.807, 2.05) is 12.1 Å². The lowest BCUT2D eigenvalue weighted by Crippen LogP contribution is -2.22. The van der Waals surface area contributed by atoms with Crippen molar-refractivity contribution in [3.05, 3.63) is 23.4 Å². The van der Waals surface area contributed by atoms with Crippen molar-refractivity contribution in [1.82, 2.24) is 4.98 Å². The van der Waals surface area contributed by atoms with Crippen LogP contribution in [0.3, 0.4) is 0 Å². The molecule has 1 aromatic rings. The third kappa shape index (κ3) is 3.65. The Morgan fingerprint density at radius 1 is 1.44 bits per heavy atom. The molecule has 3 nitrogen and oxygen atoms in total. The average molecular weight is 241 g/mol.